The average Bonchev–Trinajstić information content (AvgIpc) is 2.89. The third-order valence-corrected chi connectivity index (χ3v) is 4.68. The van der Waals surface area contributed by atoms with Gasteiger partial charge in [-0.2, -0.15) is 4.99 Å². The third kappa shape index (κ3) is 2.36. The van der Waals surface area contributed by atoms with Crippen LogP contribution in [0.3, 0.4) is 0 Å². The van der Waals surface area contributed by atoms with E-state index in [1.807, 2.05) is 13.0 Å². The maximum atomic E-state index is 10.9. The summed E-state index contributed by atoms with van der Waals surface area (Å²) in [7, 11) is 3.24. The highest BCUT2D eigenvalue weighted by molar-refractivity contribution is 9.10. The Hall–Kier alpha value is -1.32. The molecular formula is C15H18BrNO3. The molecular weight excluding hydrogens is 322 g/mol. The number of hydrogen-bond donors (Lipinski definition) is 0. The van der Waals surface area contributed by atoms with Gasteiger partial charge in [-0.3, -0.25) is 0 Å². The van der Waals surface area contributed by atoms with Gasteiger partial charge in [0.15, 0.2) is 0 Å². The summed E-state index contributed by atoms with van der Waals surface area (Å²) < 4.78 is 11.7. The van der Waals surface area contributed by atoms with Crippen LogP contribution in [0.5, 0.6) is 11.5 Å². The summed E-state index contributed by atoms with van der Waals surface area (Å²) in [6.45, 7) is 1.97. The number of methoxy groups -OCH3 is 2. The van der Waals surface area contributed by atoms with Gasteiger partial charge in [-0.1, -0.05) is 12.8 Å². The van der Waals surface area contributed by atoms with Crippen LogP contribution < -0.4 is 9.47 Å². The molecule has 0 N–H and O–H groups in total. The Labute approximate surface area is 127 Å². The SMILES string of the molecule is COc1c(C)cc(C2(N=C=O)CCCC2)c(OC)c1Br. The fraction of sp³-hybridized carbons (Fsp3) is 0.533. The molecule has 4 nitrogen and oxygen atoms in total. The van der Waals surface area contributed by atoms with Gasteiger partial charge in [0, 0.05) is 5.56 Å². The lowest BCUT2D eigenvalue weighted by atomic mass is 9.87. The predicted molar refractivity (Wildman–Crippen MR) is 80.3 cm³/mol. The molecule has 0 bridgehead atoms. The molecule has 0 aromatic heterocycles. The van der Waals surface area contributed by atoms with Gasteiger partial charge in [0.2, 0.25) is 6.08 Å². The van der Waals surface area contributed by atoms with E-state index in [1.165, 1.54) is 0 Å². The van der Waals surface area contributed by atoms with Gasteiger partial charge in [-0.05, 0) is 47.3 Å². The van der Waals surface area contributed by atoms with E-state index in [1.54, 1.807) is 20.3 Å². The van der Waals surface area contributed by atoms with Crippen LogP contribution in [0.15, 0.2) is 15.5 Å². The molecule has 108 valence electrons. The van der Waals surface area contributed by atoms with Crippen molar-refractivity contribution in [2.75, 3.05) is 14.2 Å². The van der Waals surface area contributed by atoms with Crippen LogP contribution >= 0.6 is 15.9 Å². The molecule has 0 atom stereocenters. The molecule has 5 heteroatoms. The smallest absolute Gasteiger partial charge is 0.235 e. The number of rotatable bonds is 4. The zero-order valence-corrected chi connectivity index (χ0v) is 13.5. The number of carbonyl (C=O) groups excluding carboxylic acids is 1. The quantitative estimate of drug-likeness (QED) is 0.617. The van der Waals surface area contributed by atoms with Crippen molar-refractivity contribution < 1.29 is 14.3 Å². The molecule has 0 spiro atoms. The first kappa shape index (κ1) is 15.1. The fourth-order valence-corrected chi connectivity index (χ4v) is 3.88. The van der Waals surface area contributed by atoms with Crippen molar-refractivity contribution in [1.29, 1.82) is 0 Å². The molecule has 1 fully saturated rings. The van der Waals surface area contributed by atoms with Crippen LogP contribution in [0, 0.1) is 6.92 Å². The fourth-order valence-electron chi connectivity index (χ4n) is 3.03. The zero-order chi connectivity index (χ0) is 14.8. The van der Waals surface area contributed by atoms with Gasteiger partial charge in [-0.25, -0.2) is 4.79 Å². The van der Waals surface area contributed by atoms with E-state index in [-0.39, 0.29) is 0 Å². The topological polar surface area (TPSA) is 47.9 Å². The third-order valence-electron chi connectivity index (χ3n) is 3.96. The summed E-state index contributed by atoms with van der Waals surface area (Å²) in [6, 6.07) is 2.01. The summed E-state index contributed by atoms with van der Waals surface area (Å²) in [5.41, 5.74) is 1.42. The second kappa shape index (κ2) is 5.98. The number of halogens is 1. The normalized spacial score (nSPS) is 16.6. The highest BCUT2D eigenvalue weighted by Crippen LogP contribution is 2.50. The molecule has 20 heavy (non-hydrogen) atoms. The maximum absolute atomic E-state index is 10.9. The minimum absolute atomic E-state index is 0.507. The lowest BCUT2D eigenvalue weighted by Crippen LogP contribution is -2.20. The Morgan fingerprint density at radius 3 is 2.35 bits per heavy atom. The first-order valence-corrected chi connectivity index (χ1v) is 7.39. The van der Waals surface area contributed by atoms with Crippen molar-refractivity contribution in [2.24, 2.45) is 4.99 Å². The molecule has 1 aromatic carbocycles. The van der Waals surface area contributed by atoms with E-state index in [0.29, 0.717) is 5.75 Å². The molecule has 1 aromatic rings. The largest absolute Gasteiger partial charge is 0.495 e. The minimum Gasteiger partial charge on any atom is -0.495 e. The second-order valence-electron chi connectivity index (χ2n) is 5.06. The van der Waals surface area contributed by atoms with Crippen LogP contribution in [0.2, 0.25) is 0 Å². The molecule has 0 radical (unpaired) electrons. The maximum Gasteiger partial charge on any atom is 0.235 e. The van der Waals surface area contributed by atoms with Gasteiger partial charge in [0.05, 0.1) is 14.2 Å². The highest BCUT2D eigenvalue weighted by Gasteiger charge is 2.39. The van der Waals surface area contributed by atoms with Crippen LogP contribution in [-0.4, -0.2) is 20.3 Å². The van der Waals surface area contributed by atoms with E-state index < -0.39 is 5.54 Å². The van der Waals surface area contributed by atoms with Crippen molar-refractivity contribution in [3.05, 3.63) is 21.7 Å². The molecule has 1 aliphatic carbocycles. The number of aliphatic imine (C=N–C) groups is 1. The predicted octanol–water partition coefficient (Wildman–Crippen LogP) is 3.88. The number of aryl methyl sites for hydroxylation is 1. The average molecular weight is 340 g/mol. The van der Waals surface area contributed by atoms with Crippen LogP contribution in [-0.2, 0) is 10.3 Å². The van der Waals surface area contributed by atoms with Gasteiger partial charge < -0.3 is 9.47 Å². The monoisotopic (exact) mass is 339 g/mol. The van der Waals surface area contributed by atoms with Crippen molar-refractivity contribution in [3.63, 3.8) is 0 Å². The van der Waals surface area contributed by atoms with Crippen LogP contribution in [0.1, 0.15) is 36.8 Å². The van der Waals surface area contributed by atoms with Gasteiger partial charge >= 0.3 is 0 Å². The lowest BCUT2D eigenvalue weighted by molar-refractivity contribution is 0.364. The van der Waals surface area contributed by atoms with E-state index in [0.717, 1.165) is 47.0 Å². The van der Waals surface area contributed by atoms with E-state index >= 15 is 0 Å². The van der Waals surface area contributed by atoms with E-state index in [9.17, 15) is 4.79 Å². The van der Waals surface area contributed by atoms with Gasteiger partial charge in [-0.15, -0.1) is 0 Å². The Kier molecular flexibility index (Phi) is 4.51. The number of ether oxygens (including phenoxy) is 2. The van der Waals surface area contributed by atoms with Crippen molar-refractivity contribution >= 4 is 22.0 Å². The number of benzene rings is 1. The summed E-state index contributed by atoms with van der Waals surface area (Å²) in [4.78, 5) is 15.0. The highest BCUT2D eigenvalue weighted by atomic mass is 79.9. The first-order valence-electron chi connectivity index (χ1n) is 6.60. The lowest BCUT2D eigenvalue weighted by Gasteiger charge is -2.27. The van der Waals surface area contributed by atoms with E-state index in [4.69, 9.17) is 9.47 Å². The zero-order valence-electron chi connectivity index (χ0n) is 12.0. The summed E-state index contributed by atoms with van der Waals surface area (Å²) in [6.07, 6.45) is 5.53. The molecule has 0 heterocycles. The summed E-state index contributed by atoms with van der Waals surface area (Å²) in [5.74, 6) is 1.43. The molecule has 0 aliphatic heterocycles. The Balaban J connectivity index is 2.69. The molecule has 0 saturated heterocycles. The Morgan fingerprint density at radius 1 is 1.25 bits per heavy atom. The number of hydrogen-bond acceptors (Lipinski definition) is 4. The van der Waals surface area contributed by atoms with Crippen molar-refractivity contribution in [2.45, 2.75) is 38.1 Å². The Morgan fingerprint density at radius 2 is 1.85 bits per heavy atom. The molecule has 1 aliphatic rings. The Bertz CT molecular complexity index is 559. The number of isocyanates is 1. The van der Waals surface area contributed by atoms with Crippen molar-refractivity contribution in [3.8, 4) is 11.5 Å². The van der Waals surface area contributed by atoms with Crippen LogP contribution in [0.4, 0.5) is 0 Å². The summed E-state index contributed by atoms with van der Waals surface area (Å²) in [5, 5.41) is 0. The first-order chi connectivity index (χ1) is 9.59. The molecule has 2 rings (SSSR count). The van der Waals surface area contributed by atoms with Gasteiger partial charge in [0.25, 0.3) is 0 Å². The van der Waals surface area contributed by atoms with E-state index in [2.05, 4.69) is 20.9 Å². The summed E-state index contributed by atoms with van der Waals surface area (Å²) >= 11 is 3.54. The standard InChI is InChI=1S/C15H18BrNO3/c1-10-8-11(14(20-3)12(16)13(10)19-2)15(17-9-18)6-4-5-7-15/h8H,4-7H2,1-3H3. The second-order valence-corrected chi connectivity index (χ2v) is 5.86. The van der Waals surface area contributed by atoms with Crippen molar-refractivity contribution in [1.82, 2.24) is 0 Å². The molecule has 0 amide bonds. The minimum atomic E-state index is -0.507. The van der Waals surface area contributed by atoms with Crippen LogP contribution in [0.25, 0.3) is 0 Å². The van der Waals surface area contributed by atoms with Gasteiger partial charge in [0.1, 0.15) is 21.5 Å². The number of nitrogens with zero attached hydrogens (tertiary/aromatic N) is 1. The molecule has 1 saturated carbocycles. The molecule has 0 unspecified atom stereocenters.